The number of carbonyl (C=O) groups is 1. The lowest BCUT2D eigenvalue weighted by Gasteiger charge is -2.17. The number of esters is 1. The Morgan fingerprint density at radius 2 is 2.00 bits per heavy atom. The normalized spacial score (nSPS) is 16.7. The Balaban J connectivity index is 2.23. The second kappa shape index (κ2) is 4.97. The second-order valence-corrected chi connectivity index (χ2v) is 3.84. The molecule has 0 fully saturated rings. The first-order valence-electron chi connectivity index (χ1n) is 5.39. The highest BCUT2D eigenvalue weighted by atomic mass is 16.6. The van der Waals surface area contributed by atoms with Crippen molar-refractivity contribution in [2.45, 2.75) is 12.5 Å². The lowest BCUT2D eigenvalue weighted by atomic mass is 9.99. The summed E-state index contributed by atoms with van der Waals surface area (Å²) in [5, 5.41) is 20.5. The maximum Gasteiger partial charge on any atom is 0.336 e. The molecule has 94 valence electrons. The number of carbonyl (C=O) groups excluding carboxylic acids is 1. The van der Waals surface area contributed by atoms with E-state index in [4.69, 9.17) is 4.74 Å². The molecule has 1 aliphatic heterocycles. The van der Waals surface area contributed by atoms with Gasteiger partial charge in [0.05, 0.1) is 17.1 Å². The first-order valence-corrected chi connectivity index (χ1v) is 5.39. The van der Waals surface area contributed by atoms with Crippen LogP contribution in [0.15, 0.2) is 35.9 Å². The molecule has 1 aromatic carbocycles. The molecule has 0 spiro atoms. The number of nitrogens with zero attached hydrogens (tertiary/aromatic N) is 1. The summed E-state index contributed by atoms with van der Waals surface area (Å²) >= 11 is 0. The van der Waals surface area contributed by atoms with Crippen LogP contribution in [0.5, 0.6) is 0 Å². The first kappa shape index (κ1) is 12.3. The van der Waals surface area contributed by atoms with E-state index in [0.717, 1.165) is 0 Å². The van der Waals surface area contributed by atoms with Crippen molar-refractivity contribution in [3.63, 3.8) is 0 Å². The van der Waals surface area contributed by atoms with E-state index in [1.165, 1.54) is 24.3 Å². The molecule has 2 rings (SSSR count). The molecule has 0 aromatic heterocycles. The Morgan fingerprint density at radius 3 is 2.56 bits per heavy atom. The molecule has 0 saturated carbocycles. The summed E-state index contributed by atoms with van der Waals surface area (Å²) in [6.45, 7) is 0.315. The molecule has 1 aromatic rings. The van der Waals surface area contributed by atoms with Gasteiger partial charge in [-0.2, -0.15) is 0 Å². The van der Waals surface area contributed by atoms with Crippen LogP contribution in [-0.2, 0) is 9.53 Å². The molecular weight excluding hydrogens is 238 g/mol. The van der Waals surface area contributed by atoms with Crippen LogP contribution in [-0.4, -0.2) is 22.6 Å². The number of aliphatic hydroxyl groups is 1. The van der Waals surface area contributed by atoms with Crippen LogP contribution < -0.4 is 0 Å². The molecule has 0 saturated heterocycles. The van der Waals surface area contributed by atoms with Gasteiger partial charge in [0.25, 0.3) is 5.69 Å². The number of benzene rings is 1. The number of nitro groups is 1. The maximum atomic E-state index is 11.4. The van der Waals surface area contributed by atoms with Crippen molar-refractivity contribution in [1.29, 1.82) is 0 Å². The molecule has 1 N–H and O–H groups in total. The average molecular weight is 249 g/mol. The third-order valence-corrected chi connectivity index (χ3v) is 2.67. The summed E-state index contributed by atoms with van der Waals surface area (Å²) in [5.74, 6) is -0.549. The number of hydrogen-bond acceptors (Lipinski definition) is 5. The van der Waals surface area contributed by atoms with E-state index in [1.54, 1.807) is 6.08 Å². The van der Waals surface area contributed by atoms with Crippen molar-refractivity contribution in [3.05, 3.63) is 51.6 Å². The van der Waals surface area contributed by atoms with Crippen molar-refractivity contribution in [2.75, 3.05) is 6.61 Å². The van der Waals surface area contributed by atoms with Gasteiger partial charge in [-0.05, 0) is 17.7 Å². The molecule has 0 radical (unpaired) electrons. The highest BCUT2D eigenvalue weighted by Crippen LogP contribution is 2.26. The number of nitro benzene ring substituents is 1. The summed E-state index contributed by atoms with van der Waals surface area (Å²) in [5.41, 5.74) is 0.534. The molecule has 0 amide bonds. The second-order valence-electron chi connectivity index (χ2n) is 3.84. The zero-order chi connectivity index (χ0) is 13.1. The van der Waals surface area contributed by atoms with E-state index in [0.29, 0.717) is 18.6 Å². The van der Waals surface area contributed by atoms with E-state index >= 15 is 0 Å². The molecule has 0 aliphatic carbocycles. The van der Waals surface area contributed by atoms with Gasteiger partial charge in [-0.15, -0.1) is 0 Å². The van der Waals surface area contributed by atoms with Crippen molar-refractivity contribution in [1.82, 2.24) is 0 Å². The summed E-state index contributed by atoms with van der Waals surface area (Å²) < 4.78 is 4.82. The molecule has 1 unspecified atom stereocenters. The molecular formula is C12H11NO5. The van der Waals surface area contributed by atoms with Crippen LogP contribution in [0.3, 0.4) is 0 Å². The zero-order valence-electron chi connectivity index (χ0n) is 9.41. The molecule has 1 atom stereocenters. The van der Waals surface area contributed by atoms with Crippen LogP contribution in [0, 0.1) is 10.1 Å². The molecule has 18 heavy (non-hydrogen) atoms. The molecule has 6 nitrogen and oxygen atoms in total. The van der Waals surface area contributed by atoms with Gasteiger partial charge in [-0.25, -0.2) is 4.79 Å². The number of cyclic esters (lactones) is 1. The number of hydrogen-bond donors (Lipinski definition) is 1. The molecule has 6 heteroatoms. The van der Waals surface area contributed by atoms with Gasteiger partial charge in [0.15, 0.2) is 0 Å². The van der Waals surface area contributed by atoms with Crippen LogP contribution in [0.2, 0.25) is 0 Å². The van der Waals surface area contributed by atoms with Gasteiger partial charge in [0.2, 0.25) is 0 Å². The van der Waals surface area contributed by atoms with Crippen LogP contribution >= 0.6 is 0 Å². The van der Waals surface area contributed by atoms with Gasteiger partial charge >= 0.3 is 5.97 Å². The van der Waals surface area contributed by atoms with Crippen LogP contribution in [0.1, 0.15) is 18.1 Å². The van der Waals surface area contributed by atoms with Gasteiger partial charge in [-0.3, -0.25) is 10.1 Å². The minimum atomic E-state index is -1.11. The summed E-state index contributed by atoms with van der Waals surface area (Å²) in [6, 6.07) is 5.41. The van der Waals surface area contributed by atoms with Crippen molar-refractivity contribution in [2.24, 2.45) is 0 Å². The molecule has 1 aliphatic rings. The number of ether oxygens (including phenoxy) is 1. The first-order chi connectivity index (χ1) is 8.59. The lowest BCUT2D eigenvalue weighted by molar-refractivity contribution is -0.384. The zero-order valence-corrected chi connectivity index (χ0v) is 9.41. The Morgan fingerprint density at radius 1 is 1.33 bits per heavy atom. The lowest BCUT2D eigenvalue weighted by Crippen LogP contribution is -2.19. The SMILES string of the molecule is O=C1OCCC=C1C(O)c1ccc([N+](=O)[O-])cc1. The maximum absolute atomic E-state index is 11.4. The van der Waals surface area contributed by atoms with Gasteiger partial charge in [0, 0.05) is 18.6 Å². The third kappa shape index (κ3) is 2.38. The number of non-ortho nitro benzene ring substituents is 1. The van der Waals surface area contributed by atoms with Crippen LogP contribution in [0.25, 0.3) is 0 Å². The summed E-state index contributed by atoms with van der Waals surface area (Å²) in [6.07, 6.45) is 1.07. The van der Waals surface area contributed by atoms with Crippen molar-refractivity contribution in [3.8, 4) is 0 Å². The standard InChI is InChI=1S/C12H11NO5/c14-11(10-2-1-7-18-12(10)15)8-3-5-9(6-4-8)13(16)17/h2-6,11,14H,1,7H2. The van der Waals surface area contributed by atoms with Crippen LogP contribution in [0.4, 0.5) is 5.69 Å². The fourth-order valence-electron chi connectivity index (χ4n) is 1.71. The van der Waals surface area contributed by atoms with E-state index in [2.05, 4.69) is 0 Å². The number of aliphatic hydroxyl groups excluding tert-OH is 1. The average Bonchev–Trinajstić information content (AvgIpc) is 2.38. The van der Waals surface area contributed by atoms with Gasteiger partial charge < -0.3 is 9.84 Å². The topological polar surface area (TPSA) is 89.7 Å². The Bertz CT molecular complexity index is 506. The fourth-order valence-corrected chi connectivity index (χ4v) is 1.71. The molecule has 0 bridgehead atoms. The Hall–Kier alpha value is -2.21. The minimum Gasteiger partial charge on any atom is -0.462 e. The predicted octanol–water partition coefficient (Wildman–Crippen LogP) is 1.50. The molecule has 1 heterocycles. The largest absolute Gasteiger partial charge is 0.462 e. The smallest absolute Gasteiger partial charge is 0.336 e. The third-order valence-electron chi connectivity index (χ3n) is 2.67. The van der Waals surface area contributed by atoms with E-state index in [-0.39, 0.29) is 11.3 Å². The fraction of sp³-hybridized carbons (Fsp3) is 0.250. The summed E-state index contributed by atoms with van der Waals surface area (Å²) in [4.78, 5) is 21.4. The quantitative estimate of drug-likeness (QED) is 0.498. The summed E-state index contributed by atoms with van der Waals surface area (Å²) in [7, 11) is 0. The van der Waals surface area contributed by atoms with E-state index in [9.17, 15) is 20.0 Å². The van der Waals surface area contributed by atoms with E-state index < -0.39 is 17.0 Å². The monoisotopic (exact) mass is 249 g/mol. The Labute approximate surface area is 103 Å². The number of rotatable bonds is 3. The van der Waals surface area contributed by atoms with Crippen molar-refractivity contribution < 1.29 is 19.6 Å². The van der Waals surface area contributed by atoms with Gasteiger partial charge in [-0.1, -0.05) is 6.08 Å². The highest BCUT2D eigenvalue weighted by Gasteiger charge is 2.24. The highest BCUT2D eigenvalue weighted by molar-refractivity contribution is 5.90. The predicted molar refractivity (Wildman–Crippen MR) is 61.7 cm³/mol. The van der Waals surface area contributed by atoms with Crippen molar-refractivity contribution >= 4 is 11.7 Å². The minimum absolute atomic E-state index is 0.0637. The Kier molecular flexibility index (Phi) is 3.38. The van der Waals surface area contributed by atoms with E-state index in [1.807, 2.05) is 0 Å². The van der Waals surface area contributed by atoms with Gasteiger partial charge in [0.1, 0.15) is 6.10 Å².